The van der Waals surface area contributed by atoms with E-state index in [-0.39, 0.29) is 23.8 Å². The molecule has 0 saturated carbocycles. The number of nitrogen functional groups attached to an aromatic ring is 1. The largest absolute Gasteiger partial charge is 0.434 e. The summed E-state index contributed by atoms with van der Waals surface area (Å²) in [7, 11) is 0. The highest BCUT2D eigenvalue weighted by Gasteiger charge is 2.40. The van der Waals surface area contributed by atoms with Gasteiger partial charge in [0.2, 0.25) is 0 Å². The zero-order valence-electron chi connectivity index (χ0n) is 12.0. The summed E-state index contributed by atoms with van der Waals surface area (Å²) in [5.41, 5.74) is 9.66. The molecule has 0 saturated heterocycles. The zero-order valence-corrected chi connectivity index (χ0v) is 12.0. The molecule has 1 atom stereocenters. The zero-order chi connectivity index (χ0) is 17.0. The van der Waals surface area contributed by atoms with Gasteiger partial charge in [-0.25, -0.2) is 9.37 Å². The van der Waals surface area contributed by atoms with Gasteiger partial charge in [0.25, 0.3) is 0 Å². The molecule has 2 aromatic rings. The molecule has 9 heteroatoms. The monoisotopic (exact) mass is 327 g/mol. The molecule has 0 amide bonds. The normalized spacial score (nSPS) is 21.0. The summed E-state index contributed by atoms with van der Waals surface area (Å²) in [6, 6.07) is 3.98. The highest BCUT2D eigenvalue weighted by molar-refractivity contribution is 5.95. The van der Waals surface area contributed by atoms with Crippen molar-refractivity contribution in [3.05, 3.63) is 47.3 Å². The number of rotatable bonds is 1. The third-order valence-electron chi connectivity index (χ3n) is 3.71. The lowest BCUT2D eigenvalue weighted by atomic mass is 9.90. The van der Waals surface area contributed by atoms with Crippen LogP contribution in [-0.4, -0.2) is 15.4 Å². The van der Waals surface area contributed by atoms with Gasteiger partial charge in [-0.05, 0) is 25.1 Å². The topological polar surface area (TPSA) is 82.2 Å². The Morgan fingerprint density at radius 1 is 1.26 bits per heavy atom. The van der Waals surface area contributed by atoms with E-state index in [1.54, 1.807) is 6.92 Å². The fourth-order valence-electron chi connectivity index (χ4n) is 2.66. The number of aromatic nitrogens is 2. The summed E-state index contributed by atoms with van der Waals surface area (Å²) < 4.78 is 53.8. The summed E-state index contributed by atoms with van der Waals surface area (Å²) in [6.45, 7) is 1.54. The highest BCUT2D eigenvalue weighted by atomic mass is 19.4. The van der Waals surface area contributed by atoms with Crippen molar-refractivity contribution in [1.82, 2.24) is 9.55 Å². The molecule has 0 radical (unpaired) electrons. The molecular weight excluding hydrogens is 314 g/mol. The maximum Gasteiger partial charge on any atom is 0.434 e. The van der Waals surface area contributed by atoms with Crippen LogP contribution in [0.25, 0.3) is 0 Å². The minimum Gasteiger partial charge on any atom is -0.399 e. The number of nitrogens with zero attached hydrogens (tertiary/aromatic N) is 3. The minimum absolute atomic E-state index is 0.0352. The Hall–Kier alpha value is -2.58. The third-order valence-corrected chi connectivity index (χ3v) is 3.71. The van der Waals surface area contributed by atoms with Crippen molar-refractivity contribution in [3.63, 3.8) is 0 Å². The van der Waals surface area contributed by atoms with Crippen LogP contribution in [0, 0.1) is 5.82 Å². The first-order valence-electron chi connectivity index (χ1n) is 6.66. The maximum absolute atomic E-state index is 14.1. The van der Waals surface area contributed by atoms with Crippen LogP contribution >= 0.6 is 0 Å². The average molecular weight is 327 g/mol. The molecule has 1 aliphatic heterocycles. The van der Waals surface area contributed by atoms with Gasteiger partial charge < -0.3 is 16.0 Å². The van der Waals surface area contributed by atoms with E-state index < -0.39 is 23.2 Å². The summed E-state index contributed by atoms with van der Waals surface area (Å²) in [6.07, 6.45) is -3.75. The van der Waals surface area contributed by atoms with Gasteiger partial charge in [0.1, 0.15) is 11.4 Å². The molecule has 1 aliphatic rings. The van der Waals surface area contributed by atoms with Crippen molar-refractivity contribution in [2.45, 2.75) is 25.2 Å². The summed E-state index contributed by atoms with van der Waals surface area (Å²) in [4.78, 5) is 7.64. The Morgan fingerprint density at radius 2 is 1.96 bits per heavy atom. The number of hydrogen-bond donors (Lipinski definition) is 2. The first kappa shape index (κ1) is 15.3. The quantitative estimate of drug-likeness (QED) is 0.622. The second kappa shape index (κ2) is 4.71. The highest BCUT2D eigenvalue weighted by Crippen LogP contribution is 2.36. The van der Waals surface area contributed by atoms with Crippen molar-refractivity contribution in [3.8, 4) is 0 Å². The second-order valence-corrected chi connectivity index (χ2v) is 5.59. The molecule has 1 unspecified atom stereocenters. The number of halogens is 4. The molecule has 122 valence electrons. The predicted octanol–water partition coefficient (Wildman–Crippen LogP) is 2.26. The van der Waals surface area contributed by atoms with Crippen LogP contribution in [0.4, 0.5) is 23.2 Å². The molecule has 4 N–H and O–H groups in total. The van der Waals surface area contributed by atoms with Crippen molar-refractivity contribution in [1.29, 1.82) is 0 Å². The van der Waals surface area contributed by atoms with Gasteiger partial charge in [0, 0.05) is 17.4 Å². The number of alkyl halides is 3. The average Bonchev–Trinajstić information content (AvgIpc) is 2.85. The van der Waals surface area contributed by atoms with Crippen molar-refractivity contribution < 1.29 is 17.6 Å². The van der Waals surface area contributed by atoms with Gasteiger partial charge in [0.15, 0.2) is 17.4 Å². The van der Waals surface area contributed by atoms with E-state index in [1.165, 1.54) is 22.8 Å². The van der Waals surface area contributed by atoms with Crippen LogP contribution in [0.15, 0.2) is 29.4 Å². The maximum atomic E-state index is 14.1. The van der Waals surface area contributed by atoms with E-state index in [1.807, 2.05) is 0 Å². The van der Waals surface area contributed by atoms with E-state index in [0.717, 1.165) is 6.20 Å². The number of anilines is 1. The Morgan fingerprint density at radius 3 is 2.61 bits per heavy atom. The van der Waals surface area contributed by atoms with Gasteiger partial charge in [-0.3, -0.25) is 4.99 Å². The lowest BCUT2D eigenvalue weighted by Crippen LogP contribution is -2.37. The molecule has 5 nitrogen and oxygen atoms in total. The standard InChI is InChI=1S/C14H13F4N5/c1-13(8-4-7(19)2-3-9(8)15)6-23-5-10(14(16,17)18)21-12(23)11(20)22-13/h2-5H,6,19H2,1H3,(H2,20,22). The molecule has 1 aromatic heterocycles. The molecular formula is C14H13F4N5. The molecule has 0 fully saturated rings. The van der Waals surface area contributed by atoms with Crippen LogP contribution in [0.2, 0.25) is 0 Å². The lowest BCUT2D eigenvalue weighted by molar-refractivity contribution is -0.141. The predicted molar refractivity (Wildman–Crippen MR) is 76.1 cm³/mol. The number of imidazole rings is 1. The number of hydrogen-bond acceptors (Lipinski definition) is 4. The smallest absolute Gasteiger partial charge is 0.399 e. The van der Waals surface area contributed by atoms with Gasteiger partial charge in [-0.2, -0.15) is 13.2 Å². The summed E-state index contributed by atoms with van der Waals surface area (Å²) in [5.74, 6) is -0.826. The molecule has 23 heavy (non-hydrogen) atoms. The Bertz CT molecular complexity index is 808. The fraction of sp³-hybridized carbons (Fsp3) is 0.286. The van der Waals surface area contributed by atoms with Crippen LogP contribution in [0.1, 0.15) is 24.0 Å². The van der Waals surface area contributed by atoms with Gasteiger partial charge in [-0.1, -0.05) is 0 Å². The Kier molecular flexibility index (Phi) is 3.13. The summed E-state index contributed by atoms with van der Waals surface area (Å²) in [5, 5.41) is 0. The second-order valence-electron chi connectivity index (χ2n) is 5.59. The van der Waals surface area contributed by atoms with E-state index in [9.17, 15) is 17.6 Å². The van der Waals surface area contributed by atoms with E-state index in [2.05, 4.69) is 9.98 Å². The number of aliphatic imine (C=N–C) groups is 1. The first-order valence-corrected chi connectivity index (χ1v) is 6.66. The van der Waals surface area contributed by atoms with Crippen molar-refractivity contribution in [2.75, 3.05) is 5.73 Å². The van der Waals surface area contributed by atoms with Crippen molar-refractivity contribution >= 4 is 11.5 Å². The molecule has 3 rings (SSSR count). The van der Waals surface area contributed by atoms with E-state index in [0.29, 0.717) is 5.69 Å². The molecule has 0 aliphatic carbocycles. The third kappa shape index (κ3) is 2.51. The van der Waals surface area contributed by atoms with Gasteiger partial charge in [0.05, 0.1) is 6.54 Å². The van der Waals surface area contributed by atoms with Gasteiger partial charge in [-0.15, -0.1) is 0 Å². The van der Waals surface area contributed by atoms with E-state index >= 15 is 0 Å². The van der Waals surface area contributed by atoms with Crippen LogP contribution < -0.4 is 11.5 Å². The van der Waals surface area contributed by atoms with Crippen LogP contribution in [0.5, 0.6) is 0 Å². The molecule has 0 bridgehead atoms. The molecule has 2 heterocycles. The van der Waals surface area contributed by atoms with Crippen LogP contribution in [-0.2, 0) is 18.3 Å². The molecule has 1 aromatic carbocycles. The minimum atomic E-state index is -4.59. The Balaban J connectivity index is 2.10. The SMILES string of the molecule is CC1(c2cc(N)ccc2F)Cn2cc(C(F)(F)F)nc2C(N)=N1. The number of nitrogens with two attached hydrogens (primary N) is 2. The first-order chi connectivity index (χ1) is 10.6. The van der Waals surface area contributed by atoms with Gasteiger partial charge >= 0.3 is 6.18 Å². The van der Waals surface area contributed by atoms with E-state index in [4.69, 9.17) is 11.5 Å². The molecule has 0 spiro atoms. The van der Waals surface area contributed by atoms with Crippen LogP contribution in [0.3, 0.4) is 0 Å². The number of fused-ring (bicyclic) bond motifs is 1. The number of benzene rings is 1. The summed E-state index contributed by atoms with van der Waals surface area (Å²) >= 11 is 0. The Labute approximate surface area is 128 Å². The number of amidine groups is 1. The fourth-order valence-corrected chi connectivity index (χ4v) is 2.66. The van der Waals surface area contributed by atoms with Crippen molar-refractivity contribution in [2.24, 2.45) is 10.7 Å². The lowest BCUT2D eigenvalue weighted by Gasteiger charge is -2.31.